The lowest BCUT2D eigenvalue weighted by molar-refractivity contribution is 0.678. The van der Waals surface area contributed by atoms with E-state index < -0.39 is 0 Å². The van der Waals surface area contributed by atoms with E-state index in [1.165, 1.54) is 58.5 Å². The normalized spacial score (nSPS) is 10.9. The van der Waals surface area contributed by atoms with Crippen molar-refractivity contribution in [1.82, 2.24) is 0 Å². The Kier molecular flexibility index (Phi) is 24.3. The third-order valence-electron chi connectivity index (χ3n) is 17.5. The number of allylic oxidation sites excluding steroid dienone is 6. The van der Waals surface area contributed by atoms with Gasteiger partial charge in [-0.15, -0.1) is 102 Å². The monoisotopic (exact) mass is 1460 g/mol. The predicted molar refractivity (Wildman–Crippen MR) is 432 cm³/mol. The first kappa shape index (κ1) is 70.8. The molecule has 0 aliphatic heterocycles. The first-order chi connectivity index (χ1) is 49.1. The van der Waals surface area contributed by atoms with E-state index in [0.29, 0.717) is 0 Å². The van der Waals surface area contributed by atoms with Crippen LogP contribution in [-0.4, -0.2) is 0 Å². The highest BCUT2D eigenvalue weighted by molar-refractivity contribution is 7.29. The van der Waals surface area contributed by atoms with Crippen LogP contribution in [0.4, 0.5) is 17.1 Å². The molecule has 0 amide bonds. The van der Waals surface area contributed by atoms with E-state index >= 15 is 0 Å². The average Bonchev–Trinajstić information content (AvgIpc) is 1.44. The average molecular weight is 1470 g/mol. The molecule has 100 heavy (non-hydrogen) atoms. The van der Waals surface area contributed by atoms with Crippen molar-refractivity contribution in [2.45, 2.75) is 117 Å². The standard InChI is InChI=1S/C84H69N7S9/c1-4-7-10-13-16-64(58(49-85)50-86)70-34-40-76(95-70)82-46-43-79(98-82)73-37-31-67(92-73)55-19-25-61(26-20-55)91(62-27-21-56(22-28-62)68-32-38-74(93-68)80-44-47-83(99-80)77-41-35-71(96-77)65(59(51-87)52-88)17-14-11-8-5-2)63-29-23-57(24-30-63)69-33-39-75(94-69)81-45-48-84(100-81)78-42-36-72(97-78)66(60(53-89)54-90)18-15-12-9-6-3/h19-48H,4-18H2,1-3H3. The van der Waals surface area contributed by atoms with Crippen molar-refractivity contribution in [3.05, 3.63) is 213 Å². The van der Waals surface area contributed by atoms with E-state index in [9.17, 15) is 31.6 Å². The van der Waals surface area contributed by atoms with Gasteiger partial charge >= 0.3 is 0 Å². The van der Waals surface area contributed by atoms with Crippen molar-refractivity contribution in [2.24, 2.45) is 0 Å². The molecule has 0 saturated heterocycles. The number of hydrogen-bond acceptors (Lipinski definition) is 16. The molecule has 7 nitrogen and oxygen atoms in total. The van der Waals surface area contributed by atoms with Crippen molar-refractivity contribution in [3.63, 3.8) is 0 Å². The lowest BCUT2D eigenvalue weighted by Crippen LogP contribution is -2.09. The molecule has 0 N–H and O–H groups in total. The number of anilines is 3. The highest BCUT2D eigenvalue weighted by atomic mass is 32.1. The predicted octanol–water partition coefficient (Wildman–Crippen LogP) is 29.0. The number of benzene rings is 3. The smallest absolute Gasteiger partial charge is 0.134 e. The van der Waals surface area contributed by atoms with Gasteiger partial charge in [0.25, 0.3) is 0 Å². The maximum Gasteiger partial charge on any atom is 0.134 e. The van der Waals surface area contributed by atoms with Crippen LogP contribution in [0.15, 0.2) is 199 Å². The van der Waals surface area contributed by atoms with Crippen molar-refractivity contribution >= 4 is 136 Å². The minimum Gasteiger partial charge on any atom is -0.311 e. The molecule has 12 aromatic rings. The maximum atomic E-state index is 9.85. The molecule has 0 spiro atoms. The Hall–Kier alpha value is -9.08. The largest absolute Gasteiger partial charge is 0.311 e. The Bertz CT molecular complexity index is 4620. The van der Waals surface area contributed by atoms with Crippen molar-refractivity contribution in [3.8, 4) is 126 Å². The van der Waals surface area contributed by atoms with Crippen LogP contribution in [-0.2, 0) is 0 Å². The van der Waals surface area contributed by atoms with Gasteiger partial charge in [-0.25, -0.2) is 0 Å². The highest BCUT2D eigenvalue weighted by Crippen LogP contribution is 2.49. The number of rotatable bonds is 30. The van der Waals surface area contributed by atoms with Gasteiger partial charge in [-0.05, 0) is 218 Å². The molecule has 0 aliphatic carbocycles. The molecule has 0 saturated carbocycles. The number of nitrogens with zero attached hydrogens (tertiary/aromatic N) is 7. The molecule has 9 aromatic heterocycles. The van der Waals surface area contributed by atoms with E-state index in [2.05, 4.69) is 244 Å². The summed E-state index contributed by atoms with van der Waals surface area (Å²) in [5, 5.41) is 59.1. The Morgan fingerprint density at radius 3 is 0.660 bits per heavy atom. The fraction of sp³-hybridized carbons (Fsp3) is 0.214. The Morgan fingerprint density at radius 1 is 0.240 bits per heavy atom. The summed E-state index contributed by atoms with van der Waals surface area (Å²) in [5.74, 6) is 0. The van der Waals surface area contributed by atoms with E-state index in [1.54, 1.807) is 102 Å². The van der Waals surface area contributed by atoms with E-state index in [-0.39, 0.29) is 16.7 Å². The number of thiophene rings is 9. The van der Waals surface area contributed by atoms with Crippen LogP contribution in [0, 0.1) is 68.0 Å². The van der Waals surface area contributed by atoms with Gasteiger partial charge in [0, 0.05) is 105 Å². The minimum absolute atomic E-state index is 0.215. The Morgan fingerprint density at radius 2 is 0.440 bits per heavy atom. The molecular weight excluding hydrogens is 1400 g/mol. The van der Waals surface area contributed by atoms with E-state index in [1.807, 2.05) is 0 Å². The van der Waals surface area contributed by atoms with Gasteiger partial charge in [-0.2, -0.15) is 31.6 Å². The molecule has 0 unspecified atom stereocenters. The van der Waals surface area contributed by atoms with Gasteiger partial charge in [0.1, 0.15) is 53.1 Å². The van der Waals surface area contributed by atoms with Crippen LogP contribution in [0.3, 0.4) is 0 Å². The van der Waals surface area contributed by atoms with Crippen molar-refractivity contribution in [2.75, 3.05) is 4.90 Å². The highest BCUT2D eigenvalue weighted by Gasteiger charge is 2.21. The van der Waals surface area contributed by atoms with Gasteiger partial charge in [0.2, 0.25) is 0 Å². The Balaban J connectivity index is 0.789. The van der Waals surface area contributed by atoms with Gasteiger partial charge in [-0.1, -0.05) is 115 Å². The minimum atomic E-state index is 0.215. The van der Waals surface area contributed by atoms with Crippen LogP contribution < -0.4 is 4.90 Å². The topological polar surface area (TPSA) is 146 Å². The van der Waals surface area contributed by atoms with Gasteiger partial charge < -0.3 is 4.90 Å². The summed E-state index contributed by atoms with van der Waals surface area (Å²) in [6, 6.07) is 78.8. The van der Waals surface area contributed by atoms with E-state index in [0.717, 1.165) is 176 Å². The third kappa shape index (κ3) is 16.5. The first-order valence-corrected chi connectivity index (χ1v) is 41.1. The molecule has 0 aliphatic rings. The first-order valence-electron chi connectivity index (χ1n) is 33.8. The van der Waals surface area contributed by atoms with Crippen LogP contribution in [0.2, 0.25) is 0 Å². The third-order valence-corrected chi connectivity index (χ3v) is 28.7. The molecule has 0 fully saturated rings. The molecule has 3 aromatic carbocycles. The zero-order chi connectivity index (χ0) is 69.3. The lowest BCUT2D eigenvalue weighted by Gasteiger charge is -2.26. The molecule has 494 valence electrons. The molecule has 16 heteroatoms. The maximum absolute atomic E-state index is 9.85. The number of nitriles is 6. The van der Waals surface area contributed by atoms with Crippen LogP contribution >= 0.6 is 102 Å². The second kappa shape index (κ2) is 34.3. The summed E-state index contributed by atoms with van der Waals surface area (Å²) in [7, 11) is 0. The summed E-state index contributed by atoms with van der Waals surface area (Å²) >= 11 is 15.7. The summed E-state index contributed by atoms with van der Waals surface area (Å²) in [6.45, 7) is 6.56. The van der Waals surface area contributed by atoms with Crippen LogP contribution in [0.1, 0.15) is 132 Å². The molecule has 9 heterocycles. The Labute approximate surface area is 623 Å². The number of unbranched alkanes of at least 4 members (excludes halogenated alkanes) is 9. The van der Waals surface area contributed by atoms with Crippen molar-refractivity contribution in [1.29, 1.82) is 31.6 Å². The second-order valence-electron chi connectivity index (χ2n) is 24.1. The molecular formula is C84H69N7S9. The van der Waals surface area contributed by atoms with E-state index in [4.69, 9.17) is 0 Å². The molecule has 12 rings (SSSR count). The van der Waals surface area contributed by atoms with Crippen LogP contribution in [0.25, 0.3) is 107 Å². The zero-order valence-corrected chi connectivity index (χ0v) is 63.1. The molecule has 0 bridgehead atoms. The summed E-state index contributed by atoms with van der Waals surface area (Å²) < 4.78 is 0. The van der Waals surface area contributed by atoms with Gasteiger partial charge in [-0.3, -0.25) is 0 Å². The summed E-state index contributed by atoms with van der Waals surface area (Å²) in [6.07, 6.45) is 15.1. The fourth-order valence-electron chi connectivity index (χ4n) is 12.1. The zero-order valence-electron chi connectivity index (χ0n) is 55.7. The van der Waals surface area contributed by atoms with Crippen molar-refractivity contribution < 1.29 is 0 Å². The fourth-order valence-corrected chi connectivity index (χ4v) is 22.0. The quantitative estimate of drug-likeness (QED) is 0.0322. The summed E-state index contributed by atoms with van der Waals surface area (Å²) in [4.78, 5) is 23.0. The van der Waals surface area contributed by atoms with Gasteiger partial charge in [0.05, 0.1) is 0 Å². The van der Waals surface area contributed by atoms with Gasteiger partial charge in [0.15, 0.2) is 0 Å². The molecule has 0 atom stereocenters. The second-order valence-corrected chi connectivity index (χ2v) is 33.9. The van der Waals surface area contributed by atoms with Crippen LogP contribution in [0.5, 0.6) is 0 Å². The number of hydrogen-bond donors (Lipinski definition) is 0. The lowest BCUT2D eigenvalue weighted by atomic mass is 10.0. The summed E-state index contributed by atoms with van der Waals surface area (Å²) in [5.41, 5.74) is 9.76. The molecule has 0 radical (unpaired) electrons. The SMILES string of the molecule is CCCCCCC(=C(C#N)C#N)c1ccc(-c2ccc(-c3ccc(-c4ccc(N(c5ccc(-c6ccc(-c7ccc(-c8ccc(C(CCCCCC)=C(C#N)C#N)s8)s7)s6)cc5)c5ccc(-c6ccc(-c7ccc(-c8ccc(C(CCCCCC)=C(C#N)C#N)s8)s7)s6)cc5)cc4)s3)s2)s1.